The summed E-state index contributed by atoms with van der Waals surface area (Å²) in [5.41, 5.74) is 0. The van der Waals surface area contributed by atoms with Gasteiger partial charge in [0, 0.05) is 0 Å². The lowest BCUT2D eigenvalue weighted by Gasteiger charge is -2.28. The molecule has 1 aliphatic rings. The van der Waals surface area contributed by atoms with Crippen LogP contribution in [0.4, 0.5) is 0 Å². The summed E-state index contributed by atoms with van der Waals surface area (Å²) >= 11 is 0. The van der Waals surface area contributed by atoms with E-state index in [0.29, 0.717) is 18.8 Å². The van der Waals surface area contributed by atoms with Crippen LogP contribution < -0.4 is 0 Å². The van der Waals surface area contributed by atoms with Crippen LogP contribution >= 0.6 is 0 Å². The fourth-order valence-electron chi connectivity index (χ4n) is 4.45. The standard InChI is InChI=1S/C25H46O4/c1-19(2)13-10-8-6-5-7-9-11-16-23(17-20(3)4)29-25(28)22-15-12-14-21(18-22)24(26)27/h19-23H,5-18H2,1-4H3,(H,26,27). The van der Waals surface area contributed by atoms with Crippen LogP contribution in [0.25, 0.3) is 0 Å². The first-order chi connectivity index (χ1) is 13.8. The molecule has 0 aromatic rings. The first-order valence-electron chi connectivity index (χ1n) is 12.2. The number of rotatable bonds is 15. The zero-order chi connectivity index (χ0) is 21.6. The molecule has 170 valence electrons. The van der Waals surface area contributed by atoms with Gasteiger partial charge in [0.25, 0.3) is 0 Å². The number of aliphatic carboxylic acids is 1. The van der Waals surface area contributed by atoms with Crippen molar-refractivity contribution in [2.75, 3.05) is 0 Å². The molecule has 0 amide bonds. The maximum absolute atomic E-state index is 12.6. The zero-order valence-electron chi connectivity index (χ0n) is 19.5. The SMILES string of the molecule is CC(C)CCCCCCCCCC(CC(C)C)OC(=O)C1CCCC(C(=O)O)C1. The minimum atomic E-state index is -0.773. The van der Waals surface area contributed by atoms with Crippen molar-refractivity contribution in [2.45, 2.75) is 124 Å². The molecule has 0 aromatic heterocycles. The maximum atomic E-state index is 12.6. The Morgan fingerprint density at radius 3 is 1.93 bits per heavy atom. The van der Waals surface area contributed by atoms with Crippen molar-refractivity contribution in [3.05, 3.63) is 0 Å². The molecular formula is C25H46O4. The monoisotopic (exact) mass is 410 g/mol. The number of carbonyl (C=O) groups excluding carboxylic acids is 1. The molecule has 4 nitrogen and oxygen atoms in total. The van der Waals surface area contributed by atoms with Crippen molar-refractivity contribution >= 4 is 11.9 Å². The molecule has 1 saturated carbocycles. The number of hydrogen-bond acceptors (Lipinski definition) is 3. The molecule has 1 fully saturated rings. The lowest BCUT2D eigenvalue weighted by Crippen LogP contribution is -2.31. The van der Waals surface area contributed by atoms with E-state index in [9.17, 15) is 14.7 Å². The maximum Gasteiger partial charge on any atom is 0.309 e. The second-order valence-corrected chi connectivity index (χ2v) is 10.0. The fourth-order valence-corrected chi connectivity index (χ4v) is 4.45. The highest BCUT2D eigenvalue weighted by atomic mass is 16.5. The summed E-state index contributed by atoms with van der Waals surface area (Å²) in [6, 6.07) is 0. The number of carbonyl (C=O) groups is 2. The molecule has 4 heteroatoms. The Labute approximate surface area is 179 Å². The molecule has 3 unspecified atom stereocenters. The van der Waals surface area contributed by atoms with Gasteiger partial charge in [-0.3, -0.25) is 9.59 Å². The average Bonchev–Trinajstić information content (AvgIpc) is 2.65. The highest BCUT2D eigenvalue weighted by Crippen LogP contribution is 2.31. The van der Waals surface area contributed by atoms with E-state index < -0.39 is 5.97 Å². The molecule has 1 N–H and O–H groups in total. The van der Waals surface area contributed by atoms with Gasteiger partial charge < -0.3 is 9.84 Å². The van der Waals surface area contributed by atoms with Gasteiger partial charge in [0.15, 0.2) is 0 Å². The third-order valence-electron chi connectivity index (χ3n) is 6.18. The largest absolute Gasteiger partial charge is 0.481 e. The molecule has 1 aliphatic carbocycles. The smallest absolute Gasteiger partial charge is 0.309 e. The Kier molecular flexibility index (Phi) is 13.3. The number of ether oxygens (including phenoxy) is 1. The van der Waals surface area contributed by atoms with Crippen LogP contribution in [-0.4, -0.2) is 23.1 Å². The number of unbranched alkanes of at least 4 members (excludes halogenated alkanes) is 6. The van der Waals surface area contributed by atoms with E-state index in [0.717, 1.165) is 38.0 Å². The van der Waals surface area contributed by atoms with Crippen molar-refractivity contribution in [2.24, 2.45) is 23.7 Å². The van der Waals surface area contributed by atoms with Gasteiger partial charge in [0.2, 0.25) is 0 Å². The van der Waals surface area contributed by atoms with Gasteiger partial charge in [-0.05, 0) is 50.4 Å². The van der Waals surface area contributed by atoms with E-state index in [1.165, 1.54) is 44.9 Å². The van der Waals surface area contributed by atoms with Crippen LogP contribution in [0, 0.1) is 23.7 Å². The topological polar surface area (TPSA) is 63.6 Å². The Morgan fingerprint density at radius 1 is 0.828 bits per heavy atom. The summed E-state index contributed by atoms with van der Waals surface area (Å²) < 4.78 is 5.88. The number of hydrogen-bond donors (Lipinski definition) is 1. The van der Waals surface area contributed by atoms with Gasteiger partial charge in [-0.15, -0.1) is 0 Å². The Morgan fingerprint density at radius 2 is 1.38 bits per heavy atom. The molecule has 0 bridgehead atoms. The number of carboxylic acids is 1. The number of esters is 1. The minimum Gasteiger partial charge on any atom is -0.481 e. The van der Waals surface area contributed by atoms with Crippen molar-refractivity contribution < 1.29 is 19.4 Å². The van der Waals surface area contributed by atoms with Gasteiger partial charge in [0.05, 0.1) is 11.8 Å². The average molecular weight is 411 g/mol. The van der Waals surface area contributed by atoms with Gasteiger partial charge >= 0.3 is 11.9 Å². The molecule has 3 atom stereocenters. The van der Waals surface area contributed by atoms with Gasteiger partial charge in [0.1, 0.15) is 6.10 Å². The van der Waals surface area contributed by atoms with Crippen LogP contribution in [0.5, 0.6) is 0 Å². The normalized spacial score (nSPS) is 20.8. The highest BCUT2D eigenvalue weighted by molar-refractivity contribution is 5.75. The Hall–Kier alpha value is -1.06. The molecule has 0 radical (unpaired) electrons. The fraction of sp³-hybridized carbons (Fsp3) is 0.920. The van der Waals surface area contributed by atoms with Crippen LogP contribution in [0.15, 0.2) is 0 Å². The molecule has 29 heavy (non-hydrogen) atoms. The van der Waals surface area contributed by atoms with Crippen LogP contribution in [0.1, 0.15) is 118 Å². The second kappa shape index (κ2) is 14.8. The zero-order valence-corrected chi connectivity index (χ0v) is 19.5. The van der Waals surface area contributed by atoms with Crippen molar-refractivity contribution in [1.82, 2.24) is 0 Å². The number of carboxylic acid groups (broad SMARTS) is 1. The molecule has 0 saturated heterocycles. The third-order valence-corrected chi connectivity index (χ3v) is 6.18. The van der Waals surface area contributed by atoms with E-state index >= 15 is 0 Å². The Bertz CT molecular complexity index is 458. The molecule has 0 spiro atoms. The van der Waals surface area contributed by atoms with Gasteiger partial charge in [-0.2, -0.15) is 0 Å². The quantitative estimate of drug-likeness (QED) is 0.233. The van der Waals surface area contributed by atoms with E-state index in [1.54, 1.807) is 0 Å². The predicted molar refractivity (Wildman–Crippen MR) is 119 cm³/mol. The van der Waals surface area contributed by atoms with E-state index in [4.69, 9.17) is 4.74 Å². The minimum absolute atomic E-state index is 0.0150. The predicted octanol–water partition coefficient (Wildman–Crippen LogP) is 7.00. The summed E-state index contributed by atoms with van der Waals surface area (Å²) in [6.07, 6.45) is 14.8. The van der Waals surface area contributed by atoms with Gasteiger partial charge in [-0.25, -0.2) is 0 Å². The summed E-state index contributed by atoms with van der Waals surface area (Å²) in [4.78, 5) is 23.9. The van der Waals surface area contributed by atoms with E-state index in [-0.39, 0.29) is 23.9 Å². The van der Waals surface area contributed by atoms with Crippen molar-refractivity contribution in [3.63, 3.8) is 0 Å². The first-order valence-corrected chi connectivity index (χ1v) is 12.2. The summed E-state index contributed by atoms with van der Waals surface area (Å²) in [5.74, 6) is -0.237. The third kappa shape index (κ3) is 12.3. The lowest BCUT2D eigenvalue weighted by atomic mass is 9.81. The molecule has 1 rings (SSSR count). The lowest BCUT2D eigenvalue weighted by molar-refractivity contribution is -0.158. The van der Waals surface area contributed by atoms with Crippen molar-refractivity contribution in [3.8, 4) is 0 Å². The van der Waals surface area contributed by atoms with Crippen LogP contribution in [0.3, 0.4) is 0 Å². The second-order valence-electron chi connectivity index (χ2n) is 10.0. The van der Waals surface area contributed by atoms with Crippen molar-refractivity contribution in [1.29, 1.82) is 0 Å². The van der Waals surface area contributed by atoms with Crippen LogP contribution in [-0.2, 0) is 14.3 Å². The van der Waals surface area contributed by atoms with Crippen LogP contribution in [0.2, 0.25) is 0 Å². The molecule has 0 heterocycles. The summed E-state index contributed by atoms with van der Waals surface area (Å²) in [6.45, 7) is 8.91. The highest BCUT2D eigenvalue weighted by Gasteiger charge is 2.33. The Balaban J connectivity index is 2.27. The van der Waals surface area contributed by atoms with Gasteiger partial charge in [-0.1, -0.05) is 79.1 Å². The molecule has 0 aromatic carbocycles. The molecule has 0 aliphatic heterocycles. The van der Waals surface area contributed by atoms with E-state index in [1.807, 2.05) is 0 Å². The summed E-state index contributed by atoms with van der Waals surface area (Å²) in [7, 11) is 0. The van der Waals surface area contributed by atoms with E-state index in [2.05, 4.69) is 27.7 Å². The molecular weight excluding hydrogens is 364 g/mol. The summed E-state index contributed by atoms with van der Waals surface area (Å²) in [5, 5.41) is 9.25. The first kappa shape index (κ1) is 26.0.